The molecule has 1 N–H and O–H groups in total. The number of nitrogens with one attached hydrogen (secondary N) is 1. The lowest BCUT2D eigenvalue weighted by Gasteiger charge is -2.11. The lowest BCUT2D eigenvalue weighted by Crippen LogP contribution is -2.16. The number of esters is 1. The fourth-order valence-corrected chi connectivity index (χ4v) is 4.46. The van der Waals surface area contributed by atoms with Crippen LogP contribution in [0.15, 0.2) is 29.8 Å². The van der Waals surface area contributed by atoms with Gasteiger partial charge in [0, 0.05) is 17.0 Å². The van der Waals surface area contributed by atoms with Gasteiger partial charge in [0.15, 0.2) is 0 Å². The Kier molecular flexibility index (Phi) is 6.04. The van der Waals surface area contributed by atoms with Gasteiger partial charge in [-0.3, -0.25) is 14.9 Å². The molecule has 8 nitrogen and oxygen atoms in total. The summed E-state index contributed by atoms with van der Waals surface area (Å²) in [6, 6.07) is 7.43. The molecular weight excluding hydrogens is 394 g/mol. The number of aryl methyl sites for hydroxylation is 1. The van der Waals surface area contributed by atoms with Crippen molar-refractivity contribution in [2.24, 2.45) is 0 Å². The number of hydrogen-bond acceptors (Lipinski definition) is 7. The van der Waals surface area contributed by atoms with Crippen molar-refractivity contribution in [1.29, 1.82) is 5.26 Å². The van der Waals surface area contributed by atoms with Gasteiger partial charge in [-0.1, -0.05) is 12.1 Å². The van der Waals surface area contributed by atoms with Gasteiger partial charge in [-0.25, -0.2) is 4.79 Å². The molecule has 0 saturated carbocycles. The third kappa shape index (κ3) is 4.33. The van der Waals surface area contributed by atoms with Gasteiger partial charge in [0.05, 0.1) is 17.6 Å². The van der Waals surface area contributed by atoms with Gasteiger partial charge in [-0.15, -0.1) is 11.3 Å². The van der Waals surface area contributed by atoms with Gasteiger partial charge in [-0.2, -0.15) is 5.26 Å². The minimum atomic E-state index is -0.692. The number of hydrogen-bond donors (Lipinski definition) is 1. The zero-order valence-corrected chi connectivity index (χ0v) is 16.4. The van der Waals surface area contributed by atoms with E-state index in [0.717, 1.165) is 36.1 Å². The predicted molar refractivity (Wildman–Crippen MR) is 108 cm³/mol. The fourth-order valence-electron chi connectivity index (χ4n) is 3.19. The number of carbonyl (C=O) groups excluding carboxylic acids is 2. The van der Waals surface area contributed by atoms with Crippen molar-refractivity contribution >= 4 is 40.0 Å². The summed E-state index contributed by atoms with van der Waals surface area (Å²) in [6.07, 6.45) is 4.80. The third-order valence-corrected chi connectivity index (χ3v) is 5.75. The Hall–Kier alpha value is -3.51. The molecule has 9 heteroatoms. The van der Waals surface area contributed by atoms with E-state index in [0.29, 0.717) is 16.1 Å². The second-order valence-electron chi connectivity index (χ2n) is 6.38. The van der Waals surface area contributed by atoms with Gasteiger partial charge in [-0.05, 0) is 42.9 Å². The van der Waals surface area contributed by atoms with Crippen LogP contribution in [0.5, 0.6) is 0 Å². The van der Waals surface area contributed by atoms with Crippen LogP contribution < -0.4 is 5.32 Å². The lowest BCUT2D eigenvalue weighted by atomic mass is 9.95. The van der Waals surface area contributed by atoms with Gasteiger partial charge < -0.3 is 10.1 Å². The van der Waals surface area contributed by atoms with Crippen molar-refractivity contribution in [3.63, 3.8) is 0 Å². The second kappa shape index (κ2) is 8.67. The molecule has 2 aromatic rings. The Morgan fingerprint density at radius 2 is 2.10 bits per heavy atom. The van der Waals surface area contributed by atoms with Crippen LogP contribution in [0, 0.1) is 21.4 Å². The van der Waals surface area contributed by atoms with E-state index in [1.165, 1.54) is 42.7 Å². The number of ether oxygens (including phenoxy) is 1. The third-order valence-electron chi connectivity index (χ3n) is 4.54. The zero-order valence-electron chi connectivity index (χ0n) is 15.6. The Bertz CT molecular complexity index is 1060. The molecule has 29 heavy (non-hydrogen) atoms. The summed E-state index contributed by atoms with van der Waals surface area (Å²) in [6.45, 7) is 0. The van der Waals surface area contributed by atoms with Gasteiger partial charge in [0.1, 0.15) is 16.6 Å². The Morgan fingerprint density at radius 1 is 1.34 bits per heavy atom. The molecule has 0 aliphatic heterocycles. The van der Waals surface area contributed by atoms with Crippen LogP contribution in [0.25, 0.3) is 6.08 Å². The smallest absolute Gasteiger partial charge is 0.341 e. The summed E-state index contributed by atoms with van der Waals surface area (Å²) in [4.78, 5) is 36.3. The number of thiophene rings is 1. The van der Waals surface area contributed by atoms with E-state index in [4.69, 9.17) is 4.74 Å². The van der Waals surface area contributed by atoms with E-state index in [2.05, 4.69) is 5.32 Å². The molecule has 1 aliphatic rings. The number of methoxy groups -OCH3 is 1. The van der Waals surface area contributed by atoms with Gasteiger partial charge in [0.2, 0.25) is 0 Å². The summed E-state index contributed by atoms with van der Waals surface area (Å²) >= 11 is 1.32. The first kappa shape index (κ1) is 20.2. The summed E-state index contributed by atoms with van der Waals surface area (Å²) < 4.78 is 4.87. The van der Waals surface area contributed by atoms with Crippen molar-refractivity contribution in [3.05, 3.63) is 61.5 Å². The maximum Gasteiger partial charge on any atom is 0.341 e. The molecule has 0 bridgehead atoms. The molecule has 1 aliphatic carbocycles. The highest BCUT2D eigenvalue weighted by atomic mass is 32.1. The van der Waals surface area contributed by atoms with Crippen LogP contribution in [0.1, 0.15) is 39.2 Å². The monoisotopic (exact) mass is 411 g/mol. The molecule has 1 aromatic carbocycles. The van der Waals surface area contributed by atoms with Crippen molar-refractivity contribution in [3.8, 4) is 6.07 Å². The first-order chi connectivity index (χ1) is 13.9. The summed E-state index contributed by atoms with van der Waals surface area (Å²) in [5.74, 6) is -1.22. The minimum absolute atomic E-state index is 0.143. The highest BCUT2D eigenvalue weighted by Gasteiger charge is 2.27. The quantitative estimate of drug-likeness (QED) is 0.262. The maximum atomic E-state index is 12.7. The largest absolute Gasteiger partial charge is 0.465 e. The van der Waals surface area contributed by atoms with Gasteiger partial charge >= 0.3 is 5.97 Å². The van der Waals surface area contributed by atoms with E-state index in [1.807, 2.05) is 6.07 Å². The van der Waals surface area contributed by atoms with E-state index < -0.39 is 16.8 Å². The van der Waals surface area contributed by atoms with Crippen molar-refractivity contribution in [1.82, 2.24) is 0 Å². The molecule has 0 saturated heterocycles. The number of rotatable bonds is 5. The van der Waals surface area contributed by atoms with Crippen molar-refractivity contribution < 1.29 is 19.2 Å². The average molecular weight is 411 g/mol. The van der Waals surface area contributed by atoms with Crippen LogP contribution >= 0.6 is 11.3 Å². The topological polar surface area (TPSA) is 122 Å². The predicted octanol–water partition coefficient (Wildman–Crippen LogP) is 3.87. The molecule has 148 valence electrons. The number of amides is 1. The first-order valence-electron chi connectivity index (χ1n) is 8.85. The number of fused-ring (bicyclic) bond motifs is 1. The number of carbonyl (C=O) groups is 2. The standard InChI is InChI=1S/C20H17N3O5S/c1-28-20(25)17-15-7-2-3-8-16(15)29-19(17)22-18(24)13(11-21)9-12-5-4-6-14(10-12)23(26)27/h4-6,9-10H,2-3,7-8H2,1H3,(H,22,24). The highest BCUT2D eigenvalue weighted by Crippen LogP contribution is 2.38. The Morgan fingerprint density at radius 3 is 2.79 bits per heavy atom. The SMILES string of the molecule is COC(=O)c1c(NC(=O)C(C#N)=Cc2cccc([N+](=O)[O-])c2)sc2c1CCCC2. The van der Waals surface area contributed by atoms with Crippen molar-refractivity contribution in [2.75, 3.05) is 12.4 Å². The van der Waals surface area contributed by atoms with Crippen molar-refractivity contribution in [2.45, 2.75) is 25.7 Å². The molecular formula is C20H17N3O5S. The molecule has 1 amide bonds. The number of nitro groups is 1. The van der Waals surface area contributed by atoms with E-state index in [9.17, 15) is 25.0 Å². The van der Waals surface area contributed by atoms with E-state index in [1.54, 1.807) is 6.07 Å². The summed E-state index contributed by atoms with van der Waals surface area (Å²) in [5.41, 5.74) is 1.21. The zero-order chi connectivity index (χ0) is 21.0. The summed E-state index contributed by atoms with van der Waals surface area (Å²) in [7, 11) is 1.28. The number of nitrogens with zero attached hydrogens (tertiary/aromatic N) is 2. The fraction of sp³-hybridized carbons (Fsp3) is 0.250. The van der Waals surface area contributed by atoms with E-state index in [-0.39, 0.29) is 11.3 Å². The highest BCUT2D eigenvalue weighted by molar-refractivity contribution is 7.17. The normalized spacial score (nSPS) is 13.2. The van der Waals surface area contributed by atoms with Crippen LogP contribution in [0.3, 0.4) is 0 Å². The molecule has 0 atom stereocenters. The van der Waals surface area contributed by atoms with Crippen LogP contribution in [-0.4, -0.2) is 23.9 Å². The molecule has 1 heterocycles. The Balaban J connectivity index is 1.92. The number of non-ortho nitro benzene ring substituents is 1. The number of nitriles is 1. The average Bonchev–Trinajstić information content (AvgIpc) is 3.09. The minimum Gasteiger partial charge on any atom is -0.465 e. The molecule has 0 radical (unpaired) electrons. The lowest BCUT2D eigenvalue weighted by molar-refractivity contribution is -0.384. The van der Waals surface area contributed by atoms with Crippen LogP contribution in [0.2, 0.25) is 0 Å². The molecule has 0 fully saturated rings. The number of nitro benzene ring substituents is 1. The van der Waals surface area contributed by atoms with Crippen LogP contribution in [0.4, 0.5) is 10.7 Å². The second-order valence-corrected chi connectivity index (χ2v) is 7.49. The summed E-state index contributed by atoms with van der Waals surface area (Å²) in [5, 5.41) is 23.3. The number of benzene rings is 1. The molecule has 1 aromatic heterocycles. The van der Waals surface area contributed by atoms with Crippen LogP contribution in [-0.2, 0) is 22.4 Å². The molecule has 3 rings (SSSR count). The number of anilines is 1. The van der Waals surface area contributed by atoms with Gasteiger partial charge in [0.25, 0.3) is 11.6 Å². The molecule has 0 unspecified atom stereocenters. The van der Waals surface area contributed by atoms with E-state index >= 15 is 0 Å². The molecule has 0 spiro atoms. The first-order valence-corrected chi connectivity index (χ1v) is 9.66. The maximum absolute atomic E-state index is 12.7. The Labute approximate surface area is 170 Å².